The highest BCUT2D eigenvalue weighted by atomic mass is 16.5. The van der Waals surface area contributed by atoms with E-state index in [9.17, 15) is 19.2 Å². The predicted molar refractivity (Wildman–Crippen MR) is 126 cm³/mol. The molecule has 0 spiro atoms. The number of aryl methyl sites for hydroxylation is 2. The fourth-order valence-corrected chi connectivity index (χ4v) is 5.38. The molecule has 34 heavy (non-hydrogen) atoms. The van der Waals surface area contributed by atoms with E-state index in [1.165, 1.54) is 4.90 Å². The molecule has 2 heterocycles. The Morgan fingerprint density at radius 2 is 1.56 bits per heavy atom. The molecular weight excluding hydrogens is 432 g/mol. The average molecular weight is 461 g/mol. The summed E-state index contributed by atoms with van der Waals surface area (Å²) in [6.07, 6.45) is 3.59. The van der Waals surface area contributed by atoms with Gasteiger partial charge in [0.25, 0.3) is 0 Å². The van der Waals surface area contributed by atoms with Crippen LogP contribution >= 0.6 is 0 Å². The molecule has 3 fully saturated rings. The standard InChI is InChI=1S/C27H28N2O5/c1-16-7-9-19(10-8-16)28-15-18(14-24(28)30)27(33)34-20-11-12-23(17(2)13-20)29-25(31)21-5-3-4-6-22(21)26(29)32/h7-13,18,21-22H,3-6,14-15H2,1-2H3/t18-,21-,22+/m0/s1. The monoisotopic (exact) mass is 460 g/mol. The minimum atomic E-state index is -0.557. The first-order valence-electron chi connectivity index (χ1n) is 11.9. The number of carbonyl (C=O) groups excluding carboxylic acids is 4. The number of carbonyl (C=O) groups is 4. The molecule has 2 aliphatic heterocycles. The molecule has 0 aromatic heterocycles. The molecule has 0 N–H and O–H groups in total. The zero-order chi connectivity index (χ0) is 24.0. The number of ether oxygens (including phenoxy) is 1. The summed E-state index contributed by atoms with van der Waals surface area (Å²) in [5.41, 5.74) is 3.10. The highest BCUT2D eigenvalue weighted by Gasteiger charge is 2.49. The van der Waals surface area contributed by atoms with Crippen molar-refractivity contribution in [3.63, 3.8) is 0 Å². The minimum Gasteiger partial charge on any atom is -0.426 e. The lowest BCUT2D eigenvalue weighted by molar-refractivity contribution is -0.139. The normalized spacial score (nSPS) is 24.5. The molecule has 3 aliphatic rings. The molecule has 2 aromatic carbocycles. The SMILES string of the molecule is Cc1ccc(N2C[C@@H](C(=O)Oc3ccc(N4C(=O)[C@H]5CCCC[C@H]5C4=O)c(C)c3)CC2=O)cc1. The summed E-state index contributed by atoms with van der Waals surface area (Å²) in [6.45, 7) is 4.05. The van der Waals surface area contributed by atoms with Gasteiger partial charge in [0.05, 0.1) is 23.4 Å². The van der Waals surface area contributed by atoms with Crippen molar-refractivity contribution in [3.05, 3.63) is 53.6 Å². The summed E-state index contributed by atoms with van der Waals surface area (Å²) in [6, 6.07) is 12.6. The summed E-state index contributed by atoms with van der Waals surface area (Å²) in [5, 5.41) is 0. The minimum absolute atomic E-state index is 0.101. The van der Waals surface area contributed by atoms with Crippen LogP contribution in [0.2, 0.25) is 0 Å². The van der Waals surface area contributed by atoms with Crippen molar-refractivity contribution in [2.24, 2.45) is 17.8 Å². The number of amides is 3. The van der Waals surface area contributed by atoms with Crippen molar-refractivity contribution < 1.29 is 23.9 Å². The van der Waals surface area contributed by atoms with Gasteiger partial charge in [-0.1, -0.05) is 30.5 Å². The predicted octanol–water partition coefficient (Wildman–Crippen LogP) is 3.94. The van der Waals surface area contributed by atoms with E-state index in [-0.39, 0.29) is 42.5 Å². The van der Waals surface area contributed by atoms with Crippen LogP contribution in [0.1, 0.15) is 43.2 Å². The summed E-state index contributed by atoms with van der Waals surface area (Å²) in [4.78, 5) is 54.1. The number of hydrogen-bond donors (Lipinski definition) is 0. The van der Waals surface area contributed by atoms with Gasteiger partial charge in [0.1, 0.15) is 5.75 Å². The van der Waals surface area contributed by atoms with Crippen molar-refractivity contribution in [2.75, 3.05) is 16.3 Å². The maximum absolute atomic E-state index is 12.9. The van der Waals surface area contributed by atoms with Gasteiger partial charge in [-0.15, -0.1) is 0 Å². The van der Waals surface area contributed by atoms with Gasteiger partial charge in [-0.2, -0.15) is 0 Å². The quantitative estimate of drug-likeness (QED) is 0.392. The van der Waals surface area contributed by atoms with E-state index < -0.39 is 11.9 Å². The van der Waals surface area contributed by atoms with Crippen LogP contribution in [0.15, 0.2) is 42.5 Å². The van der Waals surface area contributed by atoms with Crippen LogP contribution in [0.5, 0.6) is 5.75 Å². The molecule has 2 saturated heterocycles. The van der Waals surface area contributed by atoms with Gasteiger partial charge in [-0.05, 0) is 62.6 Å². The fraction of sp³-hybridized carbons (Fsp3) is 0.407. The van der Waals surface area contributed by atoms with E-state index in [2.05, 4.69) is 0 Å². The molecule has 5 rings (SSSR count). The Balaban J connectivity index is 1.28. The summed E-state index contributed by atoms with van der Waals surface area (Å²) in [7, 11) is 0. The third kappa shape index (κ3) is 3.89. The second kappa shape index (κ2) is 8.70. The van der Waals surface area contributed by atoms with Crippen molar-refractivity contribution >= 4 is 35.1 Å². The van der Waals surface area contributed by atoms with Crippen LogP contribution in [0, 0.1) is 31.6 Å². The van der Waals surface area contributed by atoms with Gasteiger partial charge in [0.2, 0.25) is 17.7 Å². The number of hydrogen-bond acceptors (Lipinski definition) is 5. The molecule has 7 heteroatoms. The van der Waals surface area contributed by atoms with Gasteiger partial charge in [-0.25, -0.2) is 4.90 Å². The second-order valence-electron chi connectivity index (χ2n) is 9.62. The van der Waals surface area contributed by atoms with Crippen LogP contribution in [0.3, 0.4) is 0 Å². The molecule has 7 nitrogen and oxygen atoms in total. The highest BCUT2D eigenvalue weighted by molar-refractivity contribution is 6.22. The zero-order valence-electron chi connectivity index (χ0n) is 19.5. The van der Waals surface area contributed by atoms with E-state index in [0.717, 1.165) is 36.9 Å². The zero-order valence-corrected chi connectivity index (χ0v) is 19.5. The Hall–Kier alpha value is -3.48. The van der Waals surface area contributed by atoms with Gasteiger partial charge in [0, 0.05) is 18.7 Å². The molecule has 0 unspecified atom stereocenters. The molecule has 0 radical (unpaired) electrons. The lowest BCUT2D eigenvalue weighted by Gasteiger charge is -2.19. The Morgan fingerprint density at radius 3 is 2.18 bits per heavy atom. The van der Waals surface area contributed by atoms with E-state index in [1.807, 2.05) is 31.2 Å². The van der Waals surface area contributed by atoms with Gasteiger partial charge in [-0.3, -0.25) is 19.2 Å². The van der Waals surface area contributed by atoms with Gasteiger partial charge < -0.3 is 9.64 Å². The molecule has 3 atom stereocenters. The largest absolute Gasteiger partial charge is 0.426 e. The fourth-order valence-electron chi connectivity index (χ4n) is 5.38. The first kappa shape index (κ1) is 22.3. The first-order chi connectivity index (χ1) is 16.3. The number of anilines is 2. The van der Waals surface area contributed by atoms with Crippen molar-refractivity contribution in [2.45, 2.75) is 46.0 Å². The number of benzene rings is 2. The van der Waals surface area contributed by atoms with Crippen molar-refractivity contribution in [1.82, 2.24) is 0 Å². The second-order valence-corrected chi connectivity index (χ2v) is 9.62. The number of nitrogens with zero attached hydrogens (tertiary/aromatic N) is 2. The van der Waals surface area contributed by atoms with Crippen LogP contribution in [-0.2, 0) is 19.2 Å². The van der Waals surface area contributed by atoms with Gasteiger partial charge >= 0.3 is 5.97 Å². The Morgan fingerprint density at radius 1 is 0.912 bits per heavy atom. The van der Waals surface area contributed by atoms with Crippen LogP contribution in [0.25, 0.3) is 0 Å². The lowest BCUT2D eigenvalue weighted by Crippen LogP contribution is -2.31. The summed E-state index contributed by atoms with van der Waals surface area (Å²) in [5.74, 6) is -1.46. The Labute approximate surface area is 198 Å². The maximum Gasteiger partial charge on any atom is 0.316 e. The third-order valence-electron chi connectivity index (χ3n) is 7.27. The summed E-state index contributed by atoms with van der Waals surface area (Å²) < 4.78 is 5.59. The molecule has 1 aliphatic carbocycles. The number of fused-ring (bicyclic) bond motifs is 1. The summed E-state index contributed by atoms with van der Waals surface area (Å²) >= 11 is 0. The number of esters is 1. The Kier molecular flexibility index (Phi) is 5.71. The van der Waals surface area contributed by atoms with Crippen LogP contribution in [-0.4, -0.2) is 30.2 Å². The average Bonchev–Trinajstić information content (AvgIpc) is 3.33. The molecular formula is C27H28N2O5. The van der Waals surface area contributed by atoms with Crippen LogP contribution < -0.4 is 14.5 Å². The van der Waals surface area contributed by atoms with E-state index in [0.29, 0.717) is 17.0 Å². The molecule has 0 bridgehead atoms. The van der Waals surface area contributed by atoms with E-state index >= 15 is 0 Å². The molecule has 176 valence electrons. The maximum atomic E-state index is 12.9. The molecule has 2 aromatic rings. The van der Waals surface area contributed by atoms with E-state index in [4.69, 9.17) is 4.74 Å². The molecule has 1 saturated carbocycles. The highest BCUT2D eigenvalue weighted by Crippen LogP contribution is 2.41. The van der Waals surface area contributed by atoms with Crippen LogP contribution in [0.4, 0.5) is 11.4 Å². The van der Waals surface area contributed by atoms with Crippen molar-refractivity contribution in [3.8, 4) is 5.75 Å². The van der Waals surface area contributed by atoms with E-state index in [1.54, 1.807) is 30.0 Å². The number of rotatable bonds is 4. The third-order valence-corrected chi connectivity index (χ3v) is 7.27. The molecule has 3 amide bonds. The van der Waals surface area contributed by atoms with Crippen molar-refractivity contribution in [1.29, 1.82) is 0 Å². The van der Waals surface area contributed by atoms with Gasteiger partial charge in [0.15, 0.2) is 0 Å². The lowest BCUT2D eigenvalue weighted by atomic mass is 9.81. The Bertz CT molecular complexity index is 1150. The smallest absolute Gasteiger partial charge is 0.316 e. The first-order valence-corrected chi connectivity index (χ1v) is 11.9. The number of imide groups is 1. The topological polar surface area (TPSA) is 84.0 Å².